The number of piperidine rings is 1. The number of rotatable bonds is 4. The Morgan fingerprint density at radius 1 is 1.44 bits per heavy atom. The summed E-state index contributed by atoms with van der Waals surface area (Å²) in [6.45, 7) is 3.09. The third-order valence-electron chi connectivity index (χ3n) is 4.75. The Bertz CT molecular complexity index is 712. The number of hydrogen-bond donors (Lipinski definition) is 2. The number of carbonyl (C=O) groups is 1. The van der Waals surface area contributed by atoms with Crippen LogP contribution in [0, 0.1) is 5.82 Å². The molecule has 1 aromatic heterocycles. The molecule has 1 aliphatic heterocycles. The van der Waals surface area contributed by atoms with Crippen molar-refractivity contribution in [3.63, 3.8) is 0 Å². The number of ether oxygens (including phenoxy) is 1. The number of hydrogen-bond acceptors (Lipinski definition) is 3. The summed E-state index contributed by atoms with van der Waals surface area (Å²) in [4.78, 5) is 21.5. The van der Waals surface area contributed by atoms with Gasteiger partial charge >= 0.3 is 6.03 Å². The maximum Gasteiger partial charge on any atom is 0.317 e. The fraction of sp³-hybridized carbons (Fsp3) is 0.444. The molecule has 134 valence electrons. The van der Waals surface area contributed by atoms with Gasteiger partial charge in [0.2, 0.25) is 0 Å². The van der Waals surface area contributed by atoms with Crippen LogP contribution in [0.3, 0.4) is 0 Å². The molecular weight excluding hydrogens is 323 g/mol. The number of aromatic amines is 1. The number of nitrogens with one attached hydrogen (secondary N) is 2. The van der Waals surface area contributed by atoms with Gasteiger partial charge in [-0.2, -0.15) is 0 Å². The number of carbonyl (C=O) groups excluding carboxylic acids is 1. The summed E-state index contributed by atoms with van der Waals surface area (Å²) in [6.07, 6.45) is 5.28. The lowest BCUT2D eigenvalue weighted by molar-refractivity contribution is 0.177. The van der Waals surface area contributed by atoms with Gasteiger partial charge in [-0.05, 0) is 31.9 Å². The molecule has 7 heteroatoms. The Labute approximate surface area is 146 Å². The van der Waals surface area contributed by atoms with E-state index in [4.69, 9.17) is 4.74 Å². The monoisotopic (exact) mass is 346 g/mol. The quantitative estimate of drug-likeness (QED) is 0.893. The lowest BCUT2D eigenvalue weighted by Gasteiger charge is -2.32. The van der Waals surface area contributed by atoms with Crippen molar-refractivity contribution in [2.45, 2.75) is 31.7 Å². The standard InChI is InChI=1S/C18H23FN4O2/c1-12(17-14(19)4-3-5-16(17)25-2)22-18(24)23-8-6-13(7-9-23)15-10-20-11-21-15/h3-5,10-13H,6-9H2,1-2H3,(H,20,21)(H,22,24)/t12-/m0/s1. The van der Waals surface area contributed by atoms with Gasteiger partial charge in [0, 0.05) is 30.9 Å². The van der Waals surface area contributed by atoms with Gasteiger partial charge < -0.3 is 19.9 Å². The van der Waals surface area contributed by atoms with Crippen LogP contribution in [0.2, 0.25) is 0 Å². The van der Waals surface area contributed by atoms with Crippen molar-refractivity contribution < 1.29 is 13.9 Å². The smallest absolute Gasteiger partial charge is 0.317 e. The molecular formula is C18H23FN4O2. The average molecular weight is 346 g/mol. The first-order valence-electron chi connectivity index (χ1n) is 8.46. The largest absolute Gasteiger partial charge is 0.496 e. The van der Waals surface area contributed by atoms with Crippen molar-refractivity contribution >= 4 is 6.03 Å². The minimum Gasteiger partial charge on any atom is -0.496 e. The van der Waals surface area contributed by atoms with E-state index in [-0.39, 0.29) is 11.8 Å². The maximum atomic E-state index is 14.1. The maximum absolute atomic E-state index is 14.1. The molecule has 2 aromatic rings. The molecule has 0 aliphatic carbocycles. The predicted molar refractivity (Wildman–Crippen MR) is 92.0 cm³/mol. The van der Waals surface area contributed by atoms with Crippen LogP contribution in [0.5, 0.6) is 5.75 Å². The Morgan fingerprint density at radius 2 is 2.20 bits per heavy atom. The van der Waals surface area contributed by atoms with Crippen LogP contribution < -0.4 is 10.1 Å². The van der Waals surface area contributed by atoms with Gasteiger partial charge in [0.1, 0.15) is 11.6 Å². The molecule has 2 heterocycles. The first kappa shape index (κ1) is 17.3. The third-order valence-corrected chi connectivity index (χ3v) is 4.75. The molecule has 1 atom stereocenters. The number of imidazole rings is 1. The van der Waals surface area contributed by atoms with E-state index in [1.54, 1.807) is 30.3 Å². The van der Waals surface area contributed by atoms with E-state index in [0.29, 0.717) is 30.3 Å². The van der Waals surface area contributed by atoms with Gasteiger partial charge in [0.15, 0.2) is 0 Å². The van der Waals surface area contributed by atoms with E-state index in [0.717, 1.165) is 18.5 Å². The van der Waals surface area contributed by atoms with Crippen LogP contribution >= 0.6 is 0 Å². The molecule has 1 aromatic carbocycles. The first-order chi connectivity index (χ1) is 12.1. The Morgan fingerprint density at radius 3 is 2.84 bits per heavy atom. The second kappa shape index (κ2) is 7.55. The highest BCUT2D eigenvalue weighted by molar-refractivity contribution is 5.75. The van der Waals surface area contributed by atoms with E-state index >= 15 is 0 Å². The van der Waals surface area contributed by atoms with Crippen LogP contribution in [-0.4, -0.2) is 41.1 Å². The topological polar surface area (TPSA) is 70.2 Å². The van der Waals surface area contributed by atoms with Gasteiger partial charge in [-0.3, -0.25) is 0 Å². The van der Waals surface area contributed by atoms with Crippen molar-refractivity contribution in [2.75, 3.05) is 20.2 Å². The summed E-state index contributed by atoms with van der Waals surface area (Å²) in [5, 5.41) is 2.88. The molecule has 6 nitrogen and oxygen atoms in total. The number of aromatic nitrogens is 2. The molecule has 0 saturated carbocycles. The van der Waals surface area contributed by atoms with E-state index in [1.165, 1.54) is 13.2 Å². The number of methoxy groups -OCH3 is 1. The summed E-state index contributed by atoms with van der Waals surface area (Å²) in [5.74, 6) is 0.450. The Kier molecular flexibility index (Phi) is 5.21. The third kappa shape index (κ3) is 3.75. The van der Waals surface area contributed by atoms with Crippen LogP contribution in [0.25, 0.3) is 0 Å². The predicted octanol–water partition coefficient (Wildman–Crippen LogP) is 3.21. The molecule has 0 bridgehead atoms. The minimum atomic E-state index is -0.478. The van der Waals surface area contributed by atoms with Crippen LogP contribution in [0.15, 0.2) is 30.7 Å². The lowest BCUT2D eigenvalue weighted by Crippen LogP contribution is -2.45. The number of amides is 2. The number of nitrogens with zero attached hydrogens (tertiary/aromatic N) is 2. The molecule has 1 saturated heterocycles. The van der Waals surface area contributed by atoms with Crippen LogP contribution in [0.1, 0.15) is 43.0 Å². The van der Waals surface area contributed by atoms with Crippen molar-refractivity contribution in [1.82, 2.24) is 20.2 Å². The fourth-order valence-corrected chi connectivity index (χ4v) is 3.35. The van der Waals surface area contributed by atoms with Crippen molar-refractivity contribution in [3.8, 4) is 5.75 Å². The van der Waals surface area contributed by atoms with Gasteiger partial charge in [0.25, 0.3) is 0 Å². The first-order valence-corrected chi connectivity index (χ1v) is 8.46. The molecule has 0 spiro atoms. The highest BCUT2D eigenvalue weighted by Gasteiger charge is 2.26. The number of halogens is 1. The van der Waals surface area contributed by atoms with Gasteiger partial charge in [0.05, 0.1) is 25.0 Å². The summed E-state index contributed by atoms with van der Waals surface area (Å²) in [5.41, 5.74) is 1.48. The molecule has 2 N–H and O–H groups in total. The zero-order valence-corrected chi connectivity index (χ0v) is 14.5. The summed E-state index contributed by atoms with van der Waals surface area (Å²) in [6, 6.07) is 4.00. The van der Waals surface area contributed by atoms with Crippen molar-refractivity contribution in [3.05, 3.63) is 47.8 Å². The summed E-state index contributed by atoms with van der Waals surface area (Å²) >= 11 is 0. The second-order valence-corrected chi connectivity index (χ2v) is 6.30. The summed E-state index contributed by atoms with van der Waals surface area (Å²) < 4.78 is 19.3. The molecule has 0 unspecified atom stereocenters. The SMILES string of the molecule is COc1cccc(F)c1[C@H](C)NC(=O)N1CCC(c2cnc[nH]2)CC1. The number of likely N-dealkylation sites (tertiary alicyclic amines) is 1. The highest BCUT2D eigenvalue weighted by atomic mass is 19.1. The van der Waals surface area contributed by atoms with Gasteiger partial charge in [-0.25, -0.2) is 14.2 Å². The minimum absolute atomic E-state index is 0.180. The zero-order valence-electron chi connectivity index (χ0n) is 14.5. The zero-order chi connectivity index (χ0) is 17.8. The lowest BCUT2D eigenvalue weighted by atomic mass is 9.94. The molecule has 2 amide bonds. The van der Waals surface area contributed by atoms with E-state index in [2.05, 4.69) is 15.3 Å². The van der Waals surface area contributed by atoms with Crippen LogP contribution in [-0.2, 0) is 0 Å². The molecule has 3 rings (SSSR count). The highest BCUT2D eigenvalue weighted by Crippen LogP contribution is 2.29. The van der Waals surface area contributed by atoms with Crippen molar-refractivity contribution in [2.24, 2.45) is 0 Å². The van der Waals surface area contributed by atoms with E-state index in [9.17, 15) is 9.18 Å². The Balaban J connectivity index is 1.60. The van der Waals surface area contributed by atoms with Gasteiger partial charge in [-0.15, -0.1) is 0 Å². The molecule has 1 aliphatic rings. The Hall–Kier alpha value is -2.57. The van der Waals surface area contributed by atoms with E-state index in [1.807, 2.05) is 6.20 Å². The summed E-state index contributed by atoms with van der Waals surface area (Å²) in [7, 11) is 1.49. The average Bonchev–Trinajstić information content (AvgIpc) is 3.16. The number of benzene rings is 1. The number of urea groups is 1. The molecule has 0 radical (unpaired) electrons. The van der Waals surface area contributed by atoms with Gasteiger partial charge in [-0.1, -0.05) is 6.07 Å². The molecule has 25 heavy (non-hydrogen) atoms. The fourth-order valence-electron chi connectivity index (χ4n) is 3.35. The molecule has 1 fully saturated rings. The van der Waals surface area contributed by atoms with Crippen LogP contribution in [0.4, 0.5) is 9.18 Å². The second-order valence-electron chi connectivity index (χ2n) is 6.30. The van der Waals surface area contributed by atoms with Crippen molar-refractivity contribution in [1.29, 1.82) is 0 Å². The normalized spacial score (nSPS) is 16.5. The number of H-pyrrole nitrogens is 1. The van der Waals surface area contributed by atoms with E-state index < -0.39 is 6.04 Å².